The zero-order valence-electron chi connectivity index (χ0n) is 20.2. The van der Waals surface area contributed by atoms with E-state index in [0.717, 1.165) is 42.4 Å². The van der Waals surface area contributed by atoms with Crippen molar-refractivity contribution in [3.05, 3.63) is 54.1 Å². The number of esters is 1. The number of ether oxygens (including phenoxy) is 1. The van der Waals surface area contributed by atoms with E-state index in [4.69, 9.17) is 4.74 Å². The van der Waals surface area contributed by atoms with Crippen LogP contribution in [0.3, 0.4) is 0 Å². The van der Waals surface area contributed by atoms with Gasteiger partial charge >= 0.3 is 5.97 Å². The summed E-state index contributed by atoms with van der Waals surface area (Å²) in [5, 5.41) is 0. The third kappa shape index (κ3) is 9.38. The molecule has 1 unspecified atom stereocenters. The Hall–Kier alpha value is -2.42. The summed E-state index contributed by atoms with van der Waals surface area (Å²) in [6.07, 6.45) is 11.5. The van der Waals surface area contributed by atoms with E-state index in [-0.39, 0.29) is 11.8 Å². The van der Waals surface area contributed by atoms with Crippen LogP contribution >= 0.6 is 0 Å². The van der Waals surface area contributed by atoms with Crippen LogP contribution in [-0.2, 0) is 4.79 Å². The number of carbonyl (C=O) groups is 2. The van der Waals surface area contributed by atoms with Crippen LogP contribution in [-0.4, -0.2) is 11.8 Å². The van der Waals surface area contributed by atoms with Gasteiger partial charge in [0.15, 0.2) is 5.78 Å². The van der Waals surface area contributed by atoms with E-state index in [0.29, 0.717) is 24.5 Å². The van der Waals surface area contributed by atoms with Gasteiger partial charge in [-0.2, -0.15) is 0 Å². The fourth-order valence-electron chi connectivity index (χ4n) is 3.70. The van der Waals surface area contributed by atoms with E-state index < -0.39 is 0 Å². The Morgan fingerprint density at radius 1 is 0.750 bits per heavy atom. The summed E-state index contributed by atoms with van der Waals surface area (Å²) >= 11 is 0. The average Bonchev–Trinajstić information content (AvgIpc) is 2.82. The molecule has 0 fully saturated rings. The van der Waals surface area contributed by atoms with Crippen LogP contribution in [0.25, 0.3) is 11.1 Å². The molecule has 0 saturated carbocycles. The molecule has 0 bridgehead atoms. The van der Waals surface area contributed by atoms with Crippen molar-refractivity contribution in [2.45, 2.75) is 91.4 Å². The Bertz CT molecular complexity index is 805. The number of unbranched alkanes of at least 4 members (excludes halogenated alkanes) is 6. The Balaban J connectivity index is 1.79. The third-order valence-electron chi connectivity index (χ3n) is 6.17. The summed E-state index contributed by atoms with van der Waals surface area (Å²) in [4.78, 5) is 24.4. The van der Waals surface area contributed by atoms with Gasteiger partial charge in [0.2, 0.25) is 0 Å². The van der Waals surface area contributed by atoms with Crippen molar-refractivity contribution in [2.75, 3.05) is 0 Å². The molecule has 2 aromatic carbocycles. The minimum Gasteiger partial charge on any atom is -0.427 e. The van der Waals surface area contributed by atoms with E-state index in [1.165, 1.54) is 32.1 Å². The summed E-state index contributed by atoms with van der Waals surface area (Å²) in [5.74, 6) is 1.16. The predicted molar refractivity (Wildman–Crippen MR) is 133 cm³/mol. The lowest BCUT2D eigenvalue weighted by Gasteiger charge is -2.09. The standard InChI is InChI=1S/C29H40O3/c1-4-6-7-8-9-10-11-12-28(30)26-16-14-24(15-17-26)25-18-20-27(21-19-25)32-29(31)22-13-23(3)5-2/h14-21,23H,4-13,22H2,1-3H3. The molecule has 1 atom stereocenters. The molecule has 0 aromatic heterocycles. The summed E-state index contributed by atoms with van der Waals surface area (Å²) in [7, 11) is 0. The molecule has 174 valence electrons. The lowest BCUT2D eigenvalue weighted by Crippen LogP contribution is -2.09. The summed E-state index contributed by atoms with van der Waals surface area (Å²) in [6, 6.07) is 15.4. The second-order valence-electron chi connectivity index (χ2n) is 8.92. The van der Waals surface area contributed by atoms with Crippen LogP contribution in [0.5, 0.6) is 5.75 Å². The fourth-order valence-corrected chi connectivity index (χ4v) is 3.70. The van der Waals surface area contributed by atoms with Crippen LogP contribution in [0.4, 0.5) is 0 Å². The fraction of sp³-hybridized carbons (Fsp3) is 0.517. The smallest absolute Gasteiger partial charge is 0.311 e. The largest absolute Gasteiger partial charge is 0.427 e. The van der Waals surface area contributed by atoms with Crippen molar-refractivity contribution in [1.29, 1.82) is 0 Å². The number of hydrogen-bond acceptors (Lipinski definition) is 3. The molecule has 0 radical (unpaired) electrons. The van der Waals surface area contributed by atoms with E-state index in [9.17, 15) is 9.59 Å². The zero-order valence-corrected chi connectivity index (χ0v) is 20.2. The lowest BCUT2D eigenvalue weighted by atomic mass is 9.99. The number of Topliss-reactive ketones (excluding diaryl/α,β-unsaturated/α-hetero) is 1. The molecule has 2 aromatic rings. The highest BCUT2D eigenvalue weighted by Crippen LogP contribution is 2.24. The molecule has 3 nitrogen and oxygen atoms in total. The van der Waals surface area contributed by atoms with Crippen molar-refractivity contribution in [2.24, 2.45) is 5.92 Å². The van der Waals surface area contributed by atoms with Gasteiger partial charge < -0.3 is 4.74 Å². The molecule has 0 saturated heterocycles. The van der Waals surface area contributed by atoms with Gasteiger partial charge in [-0.1, -0.05) is 102 Å². The number of carbonyl (C=O) groups excluding carboxylic acids is 2. The molecular formula is C29H40O3. The van der Waals surface area contributed by atoms with Crippen LogP contribution in [0.1, 0.15) is 102 Å². The molecule has 0 amide bonds. The minimum atomic E-state index is -0.179. The van der Waals surface area contributed by atoms with Crippen LogP contribution in [0, 0.1) is 5.92 Å². The van der Waals surface area contributed by atoms with Gasteiger partial charge in [0, 0.05) is 18.4 Å². The highest BCUT2D eigenvalue weighted by atomic mass is 16.5. The van der Waals surface area contributed by atoms with Gasteiger partial charge in [-0.05, 0) is 42.0 Å². The van der Waals surface area contributed by atoms with Crippen molar-refractivity contribution in [3.8, 4) is 16.9 Å². The highest BCUT2D eigenvalue weighted by Gasteiger charge is 2.09. The van der Waals surface area contributed by atoms with Crippen molar-refractivity contribution >= 4 is 11.8 Å². The maximum absolute atomic E-state index is 12.4. The molecule has 0 aliphatic carbocycles. The number of rotatable bonds is 15. The first kappa shape index (κ1) is 25.8. The van der Waals surface area contributed by atoms with E-state index >= 15 is 0 Å². The third-order valence-corrected chi connectivity index (χ3v) is 6.17. The van der Waals surface area contributed by atoms with Crippen molar-refractivity contribution in [3.63, 3.8) is 0 Å². The minimum absolute atomic E-state index is 0.179. The molecule has 0 aliphatic heterocycles. The van der Waals surface area contributed by atoms with Gasteiger partial charge in [-0.25, -0.2) is 0 Å². The molecule has 0 aliphatic rings. The highest BCUT2D eigenvalue weighted by molar-refractivity contribution is 5.96. The first-order valence-electron chi connectivity index (χ1n) is 12.5. The summed E-state index contributed by atoms with van der Waals surface area (Å²) in [5.41, 5.74) is 2.87. The molecule has 0 N–H and O–H groups in total. The molecule has 2 rings (SSSR count). The van der Waals surface area contributed by atoms with E-state index in [1.54, 1.807) is 0 Å². The van der Waals surface area contributed by atoms with Crippen molar-refractivity contribution in [1.82, 2.24) is 0 Å². The van der Waals surface area contributed by atoms with Crippen molar-refractivity contribution < 1.29 is 14.3 Å². The number of hydrogen-bond donors (Lipinski definition) is 0. The summed E-state index contributed by atoms with van der Waals surface area (Å²) in [6.45, 7) is 6.51. The van der Waals surface area contributed by atoms with E-state index in [1.807, 2.05) is 48.5 Å². The number of ketones is 1. The normalized spacial score (nSPS) is 11.8. The monoisotopic (exact) mass is 436 g/mol. The Labute approximate surface area is 194 Å². The zero-order chi connectivity index (χ0) is 23.2. The SMILES string of the molecule is CCCCCCCCCC(=O)c1ccc(-c2ccc(OC(=O)CCC(C)CC)cc2)cc1. The maximum atomic E-state index is 12.4. The maximum Gasteiger partial charge on any atom is 0.311 e. The van der Waals surface area contributed by atoms with Gasteiger partial charge in [0.1, 0.15) is 5.75 Å². The Morgan fingerprint density at radius 2 is 1.31 bits per heavy atom. The second-order valence-corrected chi connectivity index (χ2v) is 8.92. The van der Waals surface area contributed by atoms with Gasteiger partial charge in [-0.3, -0.25) is 9.59 Å². The Kier molecular flexibility index (Phi) is 11.8. The van der Waals surface area contributed by atoms with E-state index in [2.05, 4.69) is 20.8 Å². The summed E-state index contributed by atoms with van der Waals surface area (Å²) < 4.78 is 5.44. The predicted octanol–water partition coefficient (Wildman–Crippen LogP) is 8.41. The molecule has 0 spiro atoms. The first-order valence-corrected chi connectivity index (χ1v) is 12.5. The first-order chi connectivity index (χ1) is 15.5. The average molecular weight is 437 g/mol. The van der Waals surface area contributed by atoms with Gasteiger partial charge in [0.25, 0.3) is 0 Å². The number of benzene rings is 2. The Morgan fingerprint density at radius 3 is 1.91 bits per heavy atom. The molecule has 3 heteroatoms. The van der Waals surface area contributed by atoms with Crippen LogP contribution in [0.2, 0.25) is 0 Å². The molecule has 0 heterocycles. The molecule has 32 heavy (non-hydrogen) atoms. The second kappa shape index (κ2) is 14.6. The van der Waals surface area contributed by atoms with Crippen LogP contribution in [0.15, 0.2) is 48.5 Å². The van der Waals surface area contributed by atoms with Gasteiger partial charge in [0.05, 0.1) is 0 Å². The molecular weight excluding hydrogens is 396 g/mol. The van der Waals surface area contributed by atoms with Gasteiger partial charge in [-0.15, -0.1) is 0 Å². The lowest BCUT2D eigenvalue weighted by molar-refractivity contribution is -0.134. The topological polar surface area (TPSA) is 43.4 Å². The van der Waals surface area contributed by atoms with Crippen LogP contribution < -0.4 is 4.74 Å². The quantitative estimate of drug-likeness (QED) is 0.122.